The Hall–Kier alpha value is -2.04. The van der Waals surface area contributed by atoms with E-state index in [0.717, 1.165) is 37.2 Å². The van der Waals surface area contributed by atoms with Crippen LogP contribution >= 0.6 is 0 Å². The van der Waals surface area contributed by atoms with Crippen LogP contribution in [0.15, 0.2) is 18.2 Å². The van der Waals surface area contributed by atoms with Crippen LogP contribution < -0.4 is 10.6 Å². The molecule has 1 saturated heterocycles. The van der Waals surface area contributed by atoms with Crippen molar-refractivity contribution in [2.75, 3.05) is 30.3 Å². The Morgan fingerprint density at radius 1 is 1.30 bits per heavy atom. The minimum Gasteiger partial charge on any atom is -0.385 e. The van der Waals surface area contributed by atoms with Crippen LogP contribution in [-0.4, -0.2) is 36.3 Å². The van der Waals surface area contributed by atoms with Crippen LogP contribution in [0.25, 0.3) is 0 Å². The summed E-state index contributed by atoms with van der Waals surface area (Å²) >= 11 is 0. The lowest BCUT2D eigenvalue weighted by Gasteiger charge is -2.19. The number of anilines is 2. The van der Waals surface area contributed by atoms with Gasteiger partial charge in [0.1, 0.15) is 0 Å². The summed E-state index contributed by atoms with van der Waals surface area (Å²) in [5.41, 5.74) is 3.19. The first-order valence-electron chi connectivity index (χ1n) is 7.17. The highest BCUT2D eigenvalue weighted by Crippen LogP contribution is 2.25. The lowest BCUT2D eigenvalue weighted by Crippen LogP contribution is -2.34. The van der Waals surface area contributed by atoms with Crippen molar-refractivity contribution >= 4 is 23.2 Å². The molecule has 1 fully saturated rings. The van der Waals surface area contributed by atoms with Crippen LogP contribution in [0.5, 0.6) is 0 Å². The van der Waals surface area contributed by atoms with Crippen LogP contribution in [0.2, 0.25) is 0 Å². The third-order valence-corrected chi connectivity index (χ3v) is 3.84. The number of amides is 2. The molecule has 2 heterocycles. The third-order valence-electron chi connectivity index (χ3n) is 3.84. The number of carbonyl (C=O) groups is 2. The fourth-order valence-corrected chi connectivity index (χ4v) is 2.78. The highest BCUT2D eigenvalue weighted by Gasteiger charge is 2.22. The SMILES string of the molecule is O=C(CN1CCCC1=O)Nc1ccc2c(c1)NCCC2. The Kier molecular flexibility index (Phi) is 3.58. The average molecular weight is 273 g/mol. The Morgan fingerprint density at radius 3 is 3.00 bits per heavy atom. The zero-order valence-corrected chi connectivity index (χ0v) is 11.4. The molecule has 20 heavy (non-hydrogen) atoms. The molecule has 2 N–H and O–H groups in total. The van der Waals surface area contributed by atoms with Crippen molar-refractivity contribution in [2.45, 2.75) is 25.7 Å². The largest absolute Gasteiger partial charge is 0.385 e. The van der Waals surface area contributed by atoms with Gasteiger partial charge >= 0.3 is 0 Å². The summed E-state index contributed by atoms with van der Waals surface area (Å²) < 4.78 is 0. The lowest BCUT2D eigenvalue weighted by atomic mass is 10.0. The van der Waals surface area contributed by atoms with E-state index in [1.165, 1.54) is 5.56 Å². The predicted octanol–water partition coefficient (Wildman–Crippen LogP) is 1.61. The number of carbonyl (C=O) groups excluding carboxylic acids is 2. The molecule has 106 valence electrons. The molecule has 1 aromatic carbocycles. The summed E-state index contributed by atoms with van der Waals surface area (Å²) in [6.45, 7) is 1.83. The van der Waals surface area contributed by atoms with Gasteiger partial charge in [-0.1, -0.05) is 6.07 Å². The number of hydrogen-bond donors (Lipinski definition) is 2. The molecule has 0 radical (unpaired) electrons. The maximum absolute atomic E-state index is 12.0. The van der Waals surface area contributed by atoms with Gasteiger partial charge < -0.3 is 15.5 Å². The van der Waals surface area contributed by atoms with Crippen LogP contribution in [0.4, 0.5) is 11.4 Å². The standard InChI is InChI=1S/C15H19N3O2/c19-14(10-18-8-2-4-15(18)20)17-12-6-5-11-3-1-7-16-13(11)9-12/h5-6,9,16H,1-4,7-8,10H2,(H,17,19). The summed E-state index contributed by atoms with van der Waals surface area (Å²) in [6.07, 6.45) is 3.65. The van der Waals surface area contributed by atoms with Gasteiger partial charge in [0.2, 0.25) is 11.8 Å². The van der Waals surface area contributed by atoms with Gasteiger partial charge in [-0.2, -0.15) is 0 Å². The molecule has 5 nitrogen and oxygen atoms in total. The second kappa shape index (κ2) is 5.53. The van der Waals surface area contributed by atoms with Crippen molar-refractivity contribution in [1.82, 2.24) is 4.90 Å². The zero-order valence-electron chi connectivity index (χ0n) is 11.4. The highest BCUT2D eigenvalue weighted by molar-refractivity contribution is 5.95. The van der Waals surface area contributed by atoms with E-state index in [9.17, 15) is 9.59 Å². The van der Waals surface area contributed by atoms with Gasteiger partial charge in [-0.25, -0.2) is 0 Å². The summed E-state index contributed by atoms with van der Waals surface area (Å²) in [7, 11) is 0. The molecular formula is C15H19N3O2. The van der Waals surface area contributed by atoms with E-state index in [0.29, 0.717) is 13.0 Å². The molecule has 1 aromatic rings. The second-order valence-corrected chi connectivity index (χ2v) is 5.37. The quantitative estimate of drug-likeness (QED) is 0.879. The van der Waals surface area contributed by atoms with Crippen molar-refractivity contribution in [2.24, 2.45) is 0 Å². The number of aryl methyl sites for hydroxylation is 1. The number of nitrogens with zero attached hydrogens (tertiary/aromatic N) is 1. The maximum atomic E-state index is 12.0. The van der Waals surface area contributed by atoms with Gasteiger partial charge in [0.25, 0.3) is 0 Å². The van der Waals surface area contributed by atoms with Crippen molar-refractivity contribution in [3.8, 4) is 0 Å². The molecule has 0 unspecified atom stereocenters. The van der Waals surface area contributed by atoms with Crippen LogP contribution in [0, 0.1) is 0 Å². The van der Waals surface area contributed by atoms with Crippen molar-refractivity contribution in [1.29, 1.82) is 0 Å². The Bertz CT molecular complexity index is 542. The van der Waals surface area contributed by atoms with E-state index in [-0.39, 0.29) is 18.4 Å². The molecule has 2 amide bonds. The second-order valence-electron chi connectivity index (χ2n) is 5.37. The number of fused-ring (bicyclic) bond motifs is 1. The molecular weight excluding hydrogens is 254 g/mol. The molecule has 3 rings (SSSR count). The Labute approximate surface area is 118 Å². The molecule has 2 aliphatic heterocycles. The molecule has 0 aromatic heterocycles. The average Bonchev–Trinajstić information content (AvgIpc) is 2.84. The predicted molar refractivity (Wildman–Crippen MR) is 77.7 cm³/mol. The van der Waals surface area contributed by atoms with Gasteiger partial charge in [-0.15, -0.1) is 0 Å². The van der Waals surface area contributed by atoms with E-state index in [1.807, 2.05) is 12.1 Å². The fraction of sp³-hybridized carbons (Fsp3) is 0.467. The molecule has 0 spiro atoms. The third kappa shape index (κ3) is 2.76. The first kappa shape index (κ1) is 13.0. The monoisotopic (exact) mass is 273 g/mol. The van der Waals surface area contributed by atoms with Gasteiger partial charge in [0.05, 0.1) is 6.54 Å². The fourth-order valence-electron chi connectivity index (χ4n) is 2.78. The van der Waals surface area contributed by atoms with E-state index in [2.05, 4.69) is 16.7 Å². The van der Waals surface area contributed by atoms with Gasteiger partial charge in [-0.05, 0) is 37.0 Å². The topological polar surface area (TPSA) is 61.4 Å². The molecule has 0 atom stereocenters. The molecule has 5 heteroatoms. The highest BCUT2D eigenvalue weighted by atomic mass is 16.2. The first-order chi connectivity index (χ1) is 9.72. The van der Waals surface area contributed by atoms with Gasteiger partial charge in [0, 0.05) is 30.9 Å². The van der Waals surface area contributed by atoms with Gasteiger partial charge in [-0.3, -0.25) is 9.59 Å². The van der Waals surface area contributed by atoms with Crippen molar-refractivity contribution < 1.29 is 9.59 Å². The maximum Gasteiger partial charge on any atom is 0.243 e. The van der Waals surface area contributed by atoms with E-state index < -0.39 is 0 Å². The minimum absolute atomic E-state index is 0.0762. The van der Waals surface area contributed by atoms with Crippen molar-refractivity contribution in [3.63, 3.8) is 0 Å². The Balaban J connectivity index is 1.62. The first-order valence-corrected chi connectivity index (χ1v) is 7.17. The summed E-state index contributed by atoms with van der Waals surface area (Å²) in [6, 6.07) is 5.95. The van der Waals surface area contributed by atoms with Crippen LogP contribution in [0.1, 0.15) is 24.8 Å². The number of rotatable bonds is 3. The molecule has 0 saturated carbocycles. The minimum atomic E-state index is -0.129. The Morgan fingerprint density at radius 2 is 2.20 bits per heavy atom. The molecule has 0 aliphatic carbocycles. The number of hydrogen-bond acceptors (Lipinski definition) is 3. The summed E-state index contributed by atoms with van der Waals surface area (Å²) in [4.78, 5) is 25.1. The summed E-state index contributed by atoms with van der Waals surface area (Å²) in [5.74, 6) is -0.0525. The van der Waals surface area contributed by atoms with Crippen molar-refractivity contribution in [3.05, 3.63) is 23.8 Å². The van der Waals surface area contributed by atoms with E-state index >= 15 is 0 Å². The normalized spacial score (nSPS) is 17.6. The number of nitrogens with one attached hydrogen (secondary N) is 2. The molecule has 2 aliphatic rings. The van der Waals surface area contributed by atoms with E-state index in [1.54, 1.807) is 4.90 Å². The van der Waals surface area contributed by atoms with E-state index in [4.69, 9.17) is 0 Å². The van der Waals surface area contributed by atoms with Crippen LogP contribution in [0.3, 0.4) is 0 Å². The zero-order chi connectivity index (χ0) is 13.9. The van der Waals surface area contributed by atoms with Crippen LogP contribution in [-0.2, 0) is 16.0 Å². The number of benzene rings is 1. The molecule has 0 bridgehead atoms. The van der Waals surface area contributed by atoms with Gasteiger partial charge in [0.15, 0.2) is 0 Å². The number of likely N-dealkylation sites (tertiary alicyclic amines) is 1. The lowest BCUT2D eigenvalue weighted by molar-refractivity contribution is -0.131. The summed E-state index contributed by atoms with van der Waals surface area (Å²) in [5, 5.41) is 6.21. The smallest absolute Gasteiger partial charge is 0.243 e.